The van der Waals surface area contributed by atoms with Crippen LogP contribution < -0.4 is 34.3 Å². The molecule has 2 N–H and O–H groups in total. The number of carbonyl (C=O) groups is 2. The highest BCUT2D eigenvalue weighted by Crippen LogP contribution is 2.35. The molecule has 9 nitrogen and oxygen atoms in total. The number of para-hydroxylation sites is 2. The summed E-state index contributed by atoms with van der Waals surface area (Å²) in [4.78, 5) is 25.3. The Kier molecular flexibility index (Phi) is 8.17. The van der Waals surface area contributed by atoms with Gasteiger partial charge >= 0.3 is 0 Å². The molecule has 0 saturated heterocycles. The summed E-state index contributed by atoms with van der Waals surface area (Å²) in [6, 6.07) is 16.9. The molecule has 34 heavy (non-hydrogen) atoms. The van der Waals surface area contributed by atoms with Gasteiger partial charge in [-0.3, -0.25) is 9.59 Å². The highest BCUT2D eigenvalue weighted by Gasteiger charge is 2.18. The quantitative estimate of drug-likeness (QED) is 0.466. The van der Waals surface area contributed by atoms with Crippen molar-refractivity contribution in [2.45, 2.75) is 0 Å². The summed E-state index contributed by atoms with van der Waals surface area (Å²) in [6.45, 7) is -0.209. The SMILES string of the molecule is COc1cc(OC)c(C(=O)Nc2cccc(NC(=O)COc3ccccc3OC)c2)cc1OC. The van der Waals surface area contributed by atoms with Crippen molar-refractivity contribution in [3.05, 3.63) is 66.2 Å². The number of anilines is 2. The standard InChI is InChI=1S/C25H26N2O7/c1-30-19-10-5-6-11-20(19)34-15-24(28)26-16-8-7-9-17(12-16)27-25(29)18-13-22(32-3)23(33-4)14-21(18)31-2/h5-14H,15H2,1-4H3,(H,26,28)(H,27,29). The van der Waals surface area contributed by atoms with E-state index in [2.05, 4.69) is 10.6 Å². The largest absolute Gasteiger partial charge is 0.496 e. The second-order valence-corrected chi connectivity index (χ2v) is 6.93. The molecule has 0 aromatic heterocycles. The van der Waals surface area contributed by atoms with E-state index in [-0.39, 0.29) is 18.1 Å². The summed E-state index contributed by atoms with van der Waals surface area (Å²) in [6.07, 6.45) is 0. The van der Waals surface area contributed by atoms with Crippen molar-refractivity contribution in [3.8, 4) is 28.7 Å². The topological polar surface area (TPSA) is 104 Å². The maximum absolute atomic E-state index is 12.9. The lowest BCUT2D eigenvalue weighted by molar-refractivity contribution is -0.118. The van der Waals surface area contributed by atoms with Crippen molar-refractivity contribution in [1.29, 1.82) is 0 Å². The molecule has 0 aliphatic carbocycles. The minimum atomic E-state index is -0.416. The van der Waals surface area contributed by atoms with Gasteiger partial charge in [-0.05, 0) is 30.3 Å². The van der Waals surface area contributed by atoms with Crippen molar-refractivity contribution in [1.82, 2.24) is 0 Å². The van der Waals surface area contributed by atoms with Crippen LogP contribution in [0, 0.1) is 0 Å². The van der Waals surface area contributed by atoms with Gasteiger partial charge in [-0.1, -0.05) is 18.2 Å². The van der Waals surface area contributed by atoms with E-state index >= 15 is 0 Å². The molecule has 0 heterocycles. The first-order valence-corrected chi connectivity index (χ1v) is 10.3. The van der Waals surface area contributed by atoms with Gasteiger partial charge in [0.25, 0.3) is 11.8 Å². The molecule has 0 aliphatic heterocycles. The lowest BCUT2D eigenvalue weighted by atomic mass is 10.1. The maximum atomic E-state index is 12.9. The third kappa shape index (κ3) is 5.89. The molecule has 3 aromatic carbocycles. The van der Waals surface area contributed by atoms with Crippen molar-refractivity contribution < 1.29 is 33.3 Å². The molecule has 3 aromatic rings. The fourth-order valence-electron chi connectivity index (χ4n) is 3.16. The van der Waals surface area contributed by atoms with E-state index < -0.39 is 5.91 Å². The van der Waals surface area contributed by atoms with E-state index in [0.29, 0.717) is 40.1 Å². The molecule has 0 fully saturated rings. The van der Waals surface area contributed by atoms with Crippen LogP contribution in [0.15, 0.2) is 60.7 Å². The van der Waals surface area contributed by atoms with Crippen LogP contribution in [-0.2, 0) is 4.79 Å². The average molecular weight is 466 g/mol. The molecule has 0 atom stereocenters. The van der Waals surface area contributed by atoms with Crippen LogP contribution in [0.1, 0.15) is 10.4 Å². The lowest BCUT2D eigenvalue weighted by Crippen LogP contribution is -2.20. The van der Waals surface area contributed by atoms with Gasteiger partial charge in [0.05, 0.1) is 34.0 Å². The first-order chi connectivity index (χ1) is 16.5. The van der Waals surface area contributed by atoms with Gasteiger partial charge < -0.3 is 34.3 Å². The van der Waals surface area contributed by atoms with Gasteiger partial charge in [0.2, 0.25) is 0 Å². The second kappa shape index (κ2) is 11.5. The van der Waals surface area contributed by atoms with Crippen molar-refractivity contribution in [3.63, 3.8) is 0 Å². The van der Waals surface area contributed by atoms with Crippen molar-refractivity contribution >= 4 is 23.2 Å². The minimum absolute atomic E-state index is 0.209. The van der Waals surface area contributed by atoms with Crippen LogP contribution in [0.4, 0.5) is 11.4 Å². The zero-order valence-corrected chi connectivity index (χ0v) is 19.3. The number of hydrogen-bond donors (Lipinski definition) is 2. The van der Waals surface area contributed by atoms with Gasteiger partial charge in [-0.15, -0.1) is 0 Å². The highest BCUT2D eigenvalue weighted by atomic mass is 16.5. The van der Waals surface area contributed by atoms with Crippen LogP contribution in [-0.4, -0.2) is 46.9 Å². The van der Waals surface area contributed by atoms with Crippen LogP contribution in [0.25, 0.3) is 0 Å². The van der Waals surface area contributed by atoms with E-state index in [4.69, 9.17) is 23.7 Å². The zero-order valence-electron chi connectivity index (χ0n) is 19.3. The van der Waals surface area contributed by atoms with E-state index in [1.807, 2.05) is 6.07 Å². The molecule has 0 aliphatic rings. The summed E-state index contributed by atoms with van der Waals surface area (Å²) in [5.74, 6) is 1.38. The molecular formula is C25H26N2O7. The number of amides is 2. The lowest BCUT2D eigenvalue weighted by Gasteiger charge is -2.14. The van der Waals surface area contributed by atoms with Crippen LogP contribution >= 0.6 is 0 Å². The molecule has 0 bridgehead atoms. The van der Waals surface area contributed by atoms with Crippen LogP contribution in [0.2, 0.25) is 0 Å². The number of rotatable bonds is 10. The van der Waals surface area contributed by atoms with Gasteiger partial charge in [-0.25, -0.2) is 0 Å². The van der Waals surface area contributed by atoms with Crippen molar-refractivity contribution in [2.75, 3.05) is 45.7 Å². The molecule has 2 amide bonds. The summed E-state index contributed by atoms with van der Waals surface area (Å²) in [7, 11) is 5.97. The number of methoxy groups -OCH3 is 4. The highest BCUT2D eigenvalue weighted by molar-refractivity contribution is 6.07. The number of benzene rings is 3. The molecule has 9 heteroatoms. The number of ether oxygens (including phenoxy) is 5. The van der Waals surface area contributed by atoms with Crippen LogP contribution in [0.3, 0.4) is 0 Å². The minimum Gasteiger partial charge on any atom is -0.496 e. The third-order valence-electron chi connectivity index (χ3n) is 4.78. The van der Waals surface area contributed by atoms with Gasteiger partial charge in [0.15, 0.2) is 29.6 Å². The van der Waals surface area contributed by atoms with E-state index in [1.165, 1.54) is 34.5 Å². The van der Waals surface area contributed by atoms with Gasteiger partial charge in [-0.2, -0.15) is 0 Å². The Morgan fingerprint density at radius 2 is 1.24 bits per heavy atom. The monoisotopic (exact) mass is 466 g/mol. The Morgan fingerprint density at radius 1 is 0.647 bits per heavy atom. The Hall–Kier alpha value is -4.40. The predicted molar refractivity (Wildman–Crippen MR) is 128 cm³/mol. The molecule has 0 radical (unpaired) electrons. The van der Waals surface area contributed by atoms with Gasteiger partial charge in [0.1, 0.15) is 5.75 Å². The molecule has 0 unspecified atom stereocenters. The zero-order chi connectivity index (χ0) is 24.5. The van der Waals surface area contributed by atoms with Gasteiger partial charge in [0, 0.05) is 23.5 Å². The predicted octanol–water partition coefficient (Wildman–Crippen LogP) is 3.99. The normalized spacial score (nSPS) is 10.1. The van der Waals surface area contributed by atoms with E-state index in [0.717, 1.165) is 0 Å². The summed E-state index contributed by atoms with van der Waals surface area (Å²) in [5, 5.41) is 5.54. The molecule has 3 rings (SSSR count). The maximum Gasteiger partial charge on any atom is 0.262 e. The van der Waals surface area contributed by atoms with Crippen molar-refractivity contribution in [2.24, 2.45) is 0 Å². The average Bonchev–Trinajstić information content (AvgIpc) is 2.86. The molecule has 0 saturated carbocycles. The first-order valence-electron chi connectivity index (χ1n) is 10.3. The summed E-state index contributed by atoms with van der Waals surface area (Å²) in [5.41, 5.74) is 1.23. The molecule has 0 spiro atoms. The molecular weight excluding hydrogens is 440 g/mol. The van der Waals surface area contributed by atoms with E-state index in [9.17, 15) is 9.59 Å². The number of hydrogen-bond acceptors (Lipinski definition) is 7. The van der Waals surface area contributed by atoms with E-state index in [1.54, 1.807) is 48.5 Å². The Labute approximate surface area is 197 Å². The number of carbonyl (C=O) groups excluding carboxylic acids is 2. The summed E-state index contributed by atoms with van der Waals surface area (Å²) >= 11 is 0. The fourth-order valence-corrected chi connectivity index (χ4v) is 3.16. The smallest absolute Gasteiger partial charge is 0.262 e. The number of nitrogens with one attached hydrogen (secondary N) is 2. The Morgan fingerprint density at radius 3 is 1.88 bits per heavy atom. The Balaban J connectivity index is 1.67. The van der Waals surface area contributed by atoms with Crippen LogP contribution in [0.5, 0.6) is 28.7 Å². The Bertz CT molecular complexity index is 1160. The summed E-state index contributed by atoms with van der Waals surface area (Å²) < 4.78 is 26.6. The second-order valence-electron chi connectivity index (χ2n) is 6.93. The molecule has 178 valence electrons. The first kappa shape index (κ1) is 24.2. The third-order valence-corrected chi connectivity index (χ3v) is 4.78. The fraction of sp³-hybridized carbons (Fsp3) is 0.200.